The second-order valence-corrected chi connectivity index (χ2v) is 11.1. The quantitative estimate of drug-likeness (QED) is 0.342. The maximum Gasteiger partial charge on any atom is 0.0654 e. The summed E-state index contributed by atoms with van der Waals surface area (Å²) in [5, 5.41) is 21.0. The first-order valence-corrected chi connectivity index (χ1v) is 13.2. The summed E-state index contributed by atoms with van der Waals surface area (Å²) in [6.45, 7) is 7.98. The van der Waals surface area contributed by atoms with E-state index in [9.17, 15) is 10.2 Å². The number of nitrogens with zero attached hydrogens (tertiary/aromatic N) is 1. The summed E-state index contributed by atoms with van der Waals surface area (Å²) >= 11 is 2.11. The summed E-state index contributed by atoms with van der Waals surface area (Å²) in [5.74, 6) is 3.90. The van der Waals surface area contributed by atoms with Gasteiger partial charge in [0.05, 0.1) is 11.7 Å². The van der Waals surface area contributed by atoms with Crippen LogP contribution in [-0.4, -0.2) is 58.0 Å². The van der Waals surface area contributed by atoms with E-state index in [1.165, 1.54) is 50.4 Å². The number of aliphatic hydroxyl groups excluding tert-OH is 1. The predicted molar refractivity (Wildman–Crippen MR) is 125 cm³/mol. The van der Waals surface area contributed by atoms with Crippen LogP contribution in [0.3, 0.4) is 0 Å². The van der Waals surface area contributed by atoms with Crippen molar-refractivity contribution in [2.24, 2.45) is 17.8 Å². The van der Waals surface area contributed by atoms with Gasteiger partial charge in [0.2, 0.25) is 0 Å². The van der Waals surface area contributed by atoms with Crippen LogP contribution in [0.15, 0.2) is 23.8 Å². The number of unbranched alkanes of at least 4 members (excludes halogenated alkanes) is 1. The van der Waals surface area contributed by atoms with Crippen LogP contribution in [0.2, 0.25) is 0 Å². The SMILES string of the molecule is CCCC[C@](C)(O)C/C=C/[C@@H]1[C@H]2CC(CCSCCN3CCCC3)=C[C@H]2C[C@H]1O. The van der Waals surface area contributed by atoms with E-state index in [2.05, 4.69) is 41.8 Å². The lowest BCUT2D eigenvalue weighted by atomic mass is 9.88. The van der Waals surface area contributed by atoms with Gasteiger partial charge in [-0.3, -0.25) is 0 Å². The van der Waals surface area contributed by atoms with E-state index in [0.717, 1.165) is 32.1 Å². The molecule has 0 aromatic carbocycles. The fourth-order valence-corrected chi connectivity index (χ4v) is 6.43. The molecule has 1 saturated heterocycles. The second-order valence-electron chi connectivity index (χ2n) is 9.88. The molecule has 1 saturated carbocycles. The van der Waals surface area contributed by atoms with Gasteiger partial charge < -0.3 is 15.1 Å². The van der Waals surface area contributed by atoms with Crippen molar-refractivity contribution >= 4 is 11.8 Å². The van der Waals surface area contributed by atoms with Crippen molar-refractivity contribution in [3.05, 3.63) is 23.8 Å². The Labute approximate surface area is 183 Å². The molecule has 166 valence electrons. The highest BCUT2D eigenvalue weighted by atomic mass is 32.2. The summed E-state index contributed by atoms with van der Waals surface area (Å²) in [7, 11) is 0. The van der Waals surface area contributed by atoms with Crippen molar-refractivity contribution in [1.29, 1.82) is 0 Å². The van der Waals surface area contributed by atoms with Crippen molar-refractivity contribution in [3.63, 3.8) is 0 Å². The zero-order chi connectivity index (χ0) is 20.7. The van der Waals surface area contributed by atoms with Crippen LogP contribution in [0.5, 0.6) is 0 Å². The van der Waals surface area contributed by atoms with Crippen molar-refractivity contribution in [1.82, 2.24) is 4.90 Å². The smallest absolute Gasteiger partial charge is 0.0654 e. The van der Waals surface area contributed by atoms with Gasteiger partial charge in [0, 0.05) is 18.2 Å². The lowest BCUT2D eigenvalue weighted by Gasteiger charge is -2.22. The molecule has 5 atom stereocenters. The molecule has 0 aromatic heterocycles. The molecule has 0 spiro atoms. The Morgan fingerprint density at radius 2 is 2.07 bits per heavy atom. The largest absolute Gasteiger partial charge is 0.392 e. The lowest BCUT2D eigenvalue weighted by Crippen LogP contribution is -2.23. The van der Waals surface area contributed by atoms with Crippen LogP contribution < -0.4 is 0 Å². The molecule has 1 aliphatic heterocycles. The van der Waals surface area contributed by atoms with Crippen molar-refractivity contribution in [2.75, 3.05) is 31.1 Å². The van der Waals surface area contributed by atoms with E-state index < -0.39 is 5.60 Å². The van der Waals surface area contributed by atoms with Gasteiger partial charge in [0.1, 0.15) is 0 Å². The van der Waals surface area contributed by atoms with Crippen LogP contribution >= 0.6 is 11.8 Å². The molecule has 3 nitrogen and oxygen atoms in total. The monoisotopic (exact) mass is 421 g/mol. The maximum absolute atomic E-state index is 10.5. The Hall–Kier alpha value is -0.290. The minimum Gasteiger partial charge on any atom is -0.392 e. The lowest BCUT2D eigenvalue weighted by molar-refractivity contribution is 0.0513. The second kappa shape index (κ2) is 11.4. The molecule has 1 heterocycles. The number of allylic oxidation sites excluding steroid dienone is 2. The van der Waals surface area contributed by atoms with Gasteiger partial charge in [0.15, 0.2) is 0 Å². The molecule has 0 amide bonds. The molecule has 4 heteroatoms. The highest BCUT2D eigenvalue weighted by Gasteiger charge is 2.43. The Morgan fingerprint density at radius 3 is 2.83 bits per heavy atom. The number of hydrogen-bond donors (Lipinski definition) is 2. The predicted octanol–water partition coefficient (Wildman–Crippen LogP) is 5.04. The van der Waals surface area contributed by atoms with Crippen LogP contribution in [0.1, 0.15) is 71.6 Å². The highest BCUT2D eigenvalue weighted by Crippen LogP contribution is 2.48. The van der Waals surface area contributed by atoms with Gasteiger partial charge >= 0.3 is 0 Å². The number of likely N-dealkylation sites (tertiary alicyclic amines) is 1. The first kappa shape index (κ1) is 23.4. The number of fused-ring (bicyclic) bond motifs is 1. The summed E-state index contributed by atoms with van der Waals surface area (Å²) in [5.41, 5.74) is 1.01. The average Bonchev–Trinajstić information content (AvgIpc) is 3.38. The standard InChI is InChI=1S/C25H43NO2S/c1-3-4-10-25(2,28)11-7-8-22-23-18-20(17-21(23)19-24(22)27)9-15-29-16-14-26-12-5-6-13-26/h7-8,17,21-24,27-28H,3-6,9-16,18-19H2,1-2H3/b8-7+/t21-,22+,23-,24+,25-/m0/s1. The van der Waals surface area contributed by atoms with E-state index >= 15 is 0 Å². The van der Waals surface area contributed by atoms with Crippen LogP contribution in [0, 0.1) is 17.8 Å². The zero-order valence-corrected chi connectivity index (χ0v) is 19.5. The van der Waals surface area contributed by atoms with E-state index in [4.69, 9.17) is 0 Å². The molecular weight excluding hydrogens is 378 g/mol. The maximum atomic E-state index is 10.5. The van der Waals surface area contributed by atoms with Crippen LogP contribution in [-0.2, 0) is 0 Å². The Morgan fingerprint density at radius 1 is 1.28 bits per heavy atom. The molecular formula is C25H43NO2S. The van der Waals surface area contributed by atoms with E-state index in [0.29, 0.717) is 18.3 Å². The minimum absolute atomic E-state index is 0.213. The van der Waals surface area contributed by atoms with Gasteiger partial charge in [-0.05, 0) is 82.5 Å². The van der Waals surface area contributed by atoms with E-state index in [1.54, 1.807) is 5.57 Å². The summed E-state index contributed by atoms with van der Waals surface area (Å²) in [6.07, 6.45) is 16.4. The Balaban J connectivity index is 1.37. The highest BCUT2D eigenvalue weighted by molar-refractivity contribution is 7.99. The third-order valence-corrected chi connectivity index (χ3v) is 8.22. The molecule has 3 aliphatic rings. The summed E-state index contributed by atoms with van der Waals surface area (Å²) < 4.78 is 0. The Kier molecular flexibility index (Phi) is 9.16. The minimum atomic E-state index is -0.610. The normalized spacial score (nSPS) is 32.1. The zero-order valence-electron chi connectivity index (χ0n) is 18.7. The van der Waals surface area contributed by atoms with Crippen molar-refractivity contribution in [3.8, 4) is 0 Å². The first-order chi connectivity index (χ1) is 14.0. The van der Waals surface area contributed by atoms with Crippen molar-refractivity contribution < 1.29 is 10.2 Å². The molecule has 2 aliphatic carbocycles. The van der Waals surface area contributed by atoms with Gasteiger partial charge in [-0.15, -0.1) is 0 Å². The molecule has 0 aromatic rings. The first-order valence-electron chi connectivity index (χ1n) is 12.1. The summed E-state index contributed by atoms with van der Waals surface area (Å²) in [4.78, 5) is 2.60. The fourth-order valence-electron chi connectivity index (χ4n) is 5.43. The van der Waals surface area contributed by atoms with Crippen molar-refractivity contribution in [2.45, 2.75) is 83.3 Å². The molecule has 0 unspecified atom stereocenters. The van der Waals surface area contributed by atoms with Gasteiger partial charge in [0.25, 0.3) is 0 Å². The number of thioether (sulfide) groups is 1. The topological polar surface area (TPSA) is 43.7 Å². The average molecular weight is 422 g/mol. The number of hydrogen-bond acceptors (Lipinski definition) is 4. The van der Waals surface area contributed by atoms with Gasteiger partial charge in [-0.2, -0.15) is 11.8 Å². The molecule has 29 heavy (non-hydrogen) atoms. The fraction of sp³-hybridized carbons (Fsp3) is 0.840. The number of rotatable bonds is 12. The number of aliphatic hydroxyl groups is 2. The molecule has 2 N–H and O–H groups in total. The molecule has 0 radical (unpaired) electrons. The van der Waals surface area contributed by atoms with Gasteiger partial charge in [-0.25, -0.2) is 0 Å². The third-order valence-electron chi connectivity index (χ3n) is 7.25. The van der Waals surface area contributed by atoms with E-state index in [-0.39, 0.29) is 12.0 Å². The molecule has 3 rings (SSSR count). The van der Waals surface area contributed by atoms with Crippen LogP contribution in [0.25, 0.3) is 0 Å². The van der Waals surface area contributed by atoms with E-state index in [1.807, 2.05) is 6.92 Å². The van der Waals surface area contributed by atoms with Crippen LogP contribution in [0.4, 0.5) is 0 Å². The van der Waals surface area contributed by atoms with Gasteiger partial charge in [-0.1, -0.05) is 43.6 Å². The third kappa shape index (κ3) is 7.12. The molecule has 0 bridgehead atoms. The summed E-state index contributed by atoms with van der Waals surface area (Å²) in [6, 6.07) is 0. The molecule has 2 fully saturated rings. The Bertz CT molecular complexity index is 553.